The van der Waals surface area contributed by atoms with Crippen molar-refractivity contribution in [1.29, 1.82) is 0 Å². The van der Waals surface area contributed by atoms with Crippen LogP contribution in [-0.2, 0) is 0 Å². The molecule has 0 spiro atoms. The van der Waals surface area contributed by atoms with Crippen LogP contribution in [0.3, 0.4) is 0 Å². The number of nitrogens with zero attached hydrogens (tertiary/aromatic N) is 2. The fraction of sp³-hybridized carbons (Fsp3) is 0.438. The summed E-state index contributed by atoms with van der Waals surface area (Å²) in [5.41, 5.74) is 7.76. The monoisotopic (exact) mass is 271 g/mol. The van der Waals surface area contributed by atoms with E-state index in [1.165, 1.54) is 0 Å². The molecule has 0 radical (unpaired) electrons. The lowest BCUT2D eigenvalue weighted by Gasteiger charge is -2.29. The normalized spacial score (nSPS) is 17.5. The average Bonchev–Trinajstić information content (AvgIpc) is 2.44. The molecule has 4 heteroatoms. The van der Waals surface area contributed by atoms with Crippen LogP contribution in [0.5, 0.6) is 5.75 Å². The fourth-order valence-corrected chi connectivity index (χ4v) is 2.72. The molecule has 106 valence electrons. The van der Waals surface area contributed by atoms with E-state index < -0.39 is 0 Å². The van der Waals surface area contributed by atoms with Gasteiger partial charge in [-0.3, -0.25) is 4.98 Å². The maximum absolute atomic E-state index is 6.22. The van der Waals surface area contributed by atoms with Gasteiger partial charge >= 0.3 is 0 Å². The van der Waals surface area contributed by atoms with Gasteiger partial charge in [0.15, 0.2) is 0 Å². The molecule has 20 heavy (non-hydrogen) atoms. The minimum Gasteiger partial charge on any atom is -0.490 e. The van der Waals surface area contributed by atoms with Crippen LogP contribution in [0.1, 0.15) is 18.5 Å². The van der Waals surface area contributed by atoms with Crippen LogP contribution in [0.15, 0.2) is 24.4 Å². The predicted octanol–water partition coefficient (Wildman–Crippen LogP) is 2.60. The van der Waals surface area contributed by atoms with E-state index in [0.717, 1.165) is 53.8 Å². The molecule has 1 aliphatic rings. The molecule has 1 aliphatic heterocycles. The van der Waals surface area contributed by atoms with Crippen LogP contribution in [0.4, 0.5) is 5.69 Å². The van der Waals surface area contributed by atoms with Crippen LogP contribution in [-0.4, -0.2) is 36.1 Å². The van der Waals surface area contributed by atoms with Gasteiger partial charge in [-0.2, -0.15) is 0 Å². The first kappa shape index (κ1) is 13.2. The average molecular weight is 271 g/mol. The van der Waals surface area contributed by atoms with Gasteiger partial charge in [-0.1, -0.05) is 0 Å². The number of rotatable bonds is 2. The van der Waals surface area contributed by atoms with E-state index in [9.17, 15) is 0 Å². The summed E-state index contributed by atoms with van der Waals surface area (Å²) in [4.78, 5) is 6.67. The molecule has 3 rings (SSSR count). The van der Waals surface area contributed by atoms with Gasteiger partial charge in [-0.05, 0) is 45.0 Å². The Bertz CT molecular complexity index is 618. The number of ether oxygens (including phenoxy) is 1. The number of anilines is 1. The molecule has 2 heterocycles. The van der Waals surface area contributed by atoms with Crippen molar-refractivity contribution >= 4 is 16.5 Å². The Balaban J connectivity index is 1.91. The lowest BCUT2D eigenvalue weighted by atomic mass is 10.1. The number of pyridine rings is 1. The van der Waals surface area contributed by atoms with Crippen LogP contribution < -0.4 is 10.5 Å². The number of hydrogen-bond donors (Lipinski definition) is 1. The number of hydrogen-bond acceptors (Lipinski definition) is 4. The van der Waals surface area contributed by atoms with Gasteiger partial charge in [0.05, 0.1) is 0 Å². The first-order valence-electron chi connectivity index (χ1n) is 7.13. The third kappa shape index (κ3) is 2.56. The number of fused-ring (bicyclic) bond motifs is 1. The second kappa shape index (κ2) is 5.29. The summed E-state index contributed by atoms with van der Waals surface area (Å²) in [7, 11) is 2.16. The van der Waals surface area contributed by atoms with Crippen molar-refractivity contribution in [3.05, 3.63) is 30.1 Å². The van der Waals surface area contributed by atoms with Gasteiger partial charge in [-0.25, -0.2) is 0 Å². The fourth-order valence-electron chi connectivity index (χ4n) is 2.72. The largest absolute Gasteiger partial charge is 0.490 e. The molecule has 0 amide bonds. The van der Waals surface area contributed by atoms with Gasteiger partial charge in [0.1, 0.15) is 11.9 Å². The topological polar surface area (TPSA) is 51.4 Å². The zero-order valence-corrected chi connectivity index (χ0v) is 12.1. The molecule has 1 aromatic carbocycles. The standard InChI is InChI=1S/C16H21N3O/c1-11-9-13-14(10-18-11)15(17)3-4-16(13)20-12-5-7-19(2)8-6-12/h3-4,9-10,12H,5-8,17H2,1-2H3. The third-order valence-electron chi connectivity index (χ3n) is 3.99. The summed E-state index contributed by atoms with van der Waals surface area (Å²) in [6.45, 7) is 4.18. The van der Waals surface area contributed by atoms with E-state index in [1.54, 1.807) is 0 Å². The molecule has 1 saturated heterocycles. The summed E-state index contributed by atoms with van der Waals surface area (Å²) >= 11 is 0. The van der Waals surface area contributed by atoms with Gasteiger partial charge in [0, 0.05) is 41.4 Å². The molecule has 0 bridgehead atoms. The zero-order valence-electron chi connectivity index (χ0n) is 12.1. The smallest absolute Gasteiger partial charge is 0.127 e. The van der Waals surface area contributed by atoms with Crippen molar-refractivity contribution in [2.75, 3.05) is 25.9 Å². The number of nitrogens with two attached hydrogens (primary N) is 1. The summed E-state index contributed by atoms with van der Waals surface area (Å²) in [5.74, 6) is 0.925. The molecule has 2 aromatic rings. The first-order chi connectivity index (χ1) is 9.63. The second-order valence-corrected chi connectivity index (χ2v) is 5.64. The molecule has 2 N–H and O–H groups in total. The Labute approximate surface area is 119 Å². The highest BCUT2D eigenvalue weighted by atomic mass is 16.5. The summed E-state index contributed by atoms with van der Waals surface area (Å²) in [6, 6.07) is 5.94. The number of aromatic nitrogens is 1. The van der Waals surface area contributed by atoms with Crippen molar-refractivity contribution in [3.8, 4) is 5.75 Å². The first-order valence-corrected chi connectivity index (χ1v) is 7.13. The Morgan fingerprint density at radius 2 is 2.00 bits per heavy atom. The molecule has 0 saturated carbocycles. The second-order valence-electron chi connectivity index (χ2n) is 5.64. The quantitative estimate of drug-likeness (QED) is 0.853. The summed E-state index contributed by atoms with van der Waals surface area (Å²) < 4.78 is 6.22. The molecular weight excluding hydrogens is 250 g/mol. The SMILES string of the molecule is Cc1cc2c(OC3CCN(C)CC3)ccc(N)c2cn1. The summed E-state index contributed by atoms with van der Waals surface area (Å²) in [6.07, 6.45) is 4.28. The maximum Gasteiger partial charge on any atom is 0.127 e. The molecular formula is C16H21N3O. The lowest BCUT2D eigenvalue weighted by Crippen LogP contribution is -2.35. The van der Waals surface area contributed by atoms with E-state index >= 15 is 0 Å². The van der Waals surface area contributed by atoms with E-state index in [2.05, 4.69) is 23.0 Å². The van der Waals surface area contributed by atoms with Gasteiger partial charge < -0.3 is 15.4 Å². The van der Waals surface area contributed by atoms with Crippen molar-refractivity contribution in [2.45, 2.75) is 25.9 Å². The van der Waals surface area contributed by atoms with Gasteiger partial charge in [0.25, 0.3) is 0 Å². The summed E-state index contributed by atoms with van der Waals surface area (Å²) in [5, 5.41) is 2.04. The number of aryl methyl sites for hydroxylation is 1. The van der Waals surface area contributed by atoms with Crippen molar-refractivity contribution in [2.24, 2.45) is 0 Å². The van der Waals surface area contributed by atoms with Crippen LogP contribution >= 0.6 is 0 Å². The number of benzene rings is 1. The van der Waals surface area contributed by atoms with E-state index in [-0.39, 0.29) is 0 Å². The van der Waals surface area contributed by atoms with Crippen molar-refractivity contribution < 1.29 is 4.74 Å². The highest BCUT2D eigenvalue weighted by Crippen LogP contribution is 2.31. The highest BCUT2D eigenvalue weighted by Gasteiger charge is 2.19. The maximum atomic E-state index is 6.22. The van der Waals surface area contributed by atoms with Crippen LogP contribution in [0.25, 0.3) is 10.8 Å². The van der Waals surface area contributed by atoms with E-state index in [4.69, 9.17) is 10.5 Å². The molecule has 0 atom stereocenters. The molecule has 1 fully saturated rings. The van der Waals surface area contributed by atoms with E-state index in [1.807, 2.05) is 25.3 Å². The third-order valence-corrected chi connectivity index (χ3v) is 3.99. The zero-order chi connectivity index (χ0) is 14.1. The highest BCUT2D eigenvalue weighted by molar-refractivity contribution is 5.96. The Hall–Kier alpha value is -1.81. The van der Waals surface area contributed by atoms with Crippen molar-refractivity contribution in [1.82, 2.24) is 9.88 Å². The Morgan fingerprint density at radius 3 is 2.75 bits per heavy atom. The predicted molar refractivity (Wildman–Crippen MR) is 82.0 cm³/mol. The van der Waals surface area contributed by atoms with Crippen LogP contribution in [0.2, 0.25) is 0 Å². The Morgan fingerprint density at radius 1 is 1.25 bits per heavy atom. The number of piperidine rings is 1. The minimum absolute atomic E-state index is 0.298. The van der Waals surface area contributed by atoms with E-state index in [0.29, 0.717) is 6.10 Å². The lowest BCUT2D eigenvalue weighted by molar-refractivity contribution is 0.116. The Kier molecular flexibility index (Phi) is 3.49. The van der Waals surface area contributed by atoms with Crippen molar-refractivity contribution in [3.63, 3.8) is 0 Å². The molecule has 0 aliphatic carbocycles. The van der Waals surface area contributed by atoms with Gasteiger partial charge in [0.2, 0.25) is 0 Å². The minimum atomic E-state index is 0.298. The molecule has 0 unspecified atom stereocenters. The molecule has 1 aromatic heterocycles. The molecule has 4 nitrogen and oxygen atoms in total. The van der Waals surface area contributed by atoms with Crippen LogP contribution in [0, 0.1) is 6.92 Å². The number of likely N-dealkylation sites (tertiary alicyclic amines) is 1. The number of nitrogen functional groups attached to an aromatic ring is 1. The van der Waals surface area contributed by atoms with Gasteiger partial charge in [-0.15, -0.1) is 0 Å².